The van der Waals surface area contributed by atoms with Crippen molar-refractivity contribution < 1.29 is 19.4 Å². The van der Waals surface area contributed by atoms with Gasteiger partial charge in [-0.1, -0.05) is 43.5 Å². The molecule has 5 nitrogen and oxygen atoms in total. The van der Waals surface area contributed by atoms with Crippen molar-refractivity contribution in [3.63, 3.8) is 0 Å². The molecule has 2 rings (SSSR count). The van der Waals surface area contributed by atoms with Gasteiger partial charge in [0, 0.05) is 13.0 Å². The van der Waals surface area contributed by atoms with E-state index in [-0.39, 0.29) is 18.4 Å². The van der Waals surface area contributed by atoms with Gasteiger partial charge in [0.05, 0.1) is 19.1 Å². The van der Waals surface area contributed by atoms with Gasteiger partial charge in [-0.05, 0) is 30.4 Å². The molecule has 0 radical (unpaired) electrons. The Morgan fingerprint density at radius 1 is 1.12 bits per heavy atom. The highest BCUT2D eigenvalue weighted by atomic mass is 16.5. The van der Waals surface area contributed by atoms with Crippen LogP contribution in [0.1, 0.15) is 62.2 Å². The van der Waals surface area contributed by atoms with Gasteiger partial charge in [-0.25, -0.2) is 0 Å². The van der Waals surface area contributed by atoms with E-state index >= 15 is 0 Å². The quantitative estimate of drug-likeness (QED) is 0.645. The minimum absolute atomic E-state index is 0.0302. The summed E-state index contributed by atoms with van der Waals surface area (Å²) in [6.07, 6.45) is 6.04. The Balaban J connectivity index is 1.58. The molecule has 1 unspecified atom stereocenters. The number of hydrogen-bond donors (Lipinski definition) is 2. The number of amides is 1. The molecular formula is C19H27NO4. The Morgan fingerprint density at radius 2 is 1.88 bits per heavy atom. The molecule has 132 valence electrons. The van der Waals surface area contributed by atoms with Crippen LogP contribution in [0.3, 0.4) is 0 Å². The lowest BCUT2D eigenvalue weighted by Gasteiger charge is -2.25. The Hall–Kier alpha value is -1.88. The number of ether oxygens (including phenoxy) is 1. The summed E-state index contributed by atoms with van der Waals surface area (Å²) in [5, 5.41) is 11.5. The molecule has 0 aromatic heterocycles. The molecule has 5 heteroatoms. The standard InChI is InChI=1S/C19H27NO4/c21-18(20-12-7-3-1-2-4-10-19(22)23)14-17-16-9-6-5-8-15(16)11-13-24-17/h5-6,8-9,17H,1-4,7,10-14H2,(H,20,21)(H,22,23). The van der Waals surface area contributed by atoms with Crippen LogP contribution in [0.15, 0.2) is 24.3 Å². The fourth-order valence-corrected chi connectivity index (χ4v) is 3.05. The average molecular weight is 333 g/mol. The highest BCUT2D eigenvalue weighted by Gasteiger charge is 2.22. The van der Waals surface area contributed by atoms with E-state index in [1.54, 1.807) is 0 Å². The van der Waals surface area contributed by atoms with E-state index in [0.29, 0.717) is 19.6 Å². The minimum atomic E-state index is -0.728. The number of nitrogens with one attached hydrogen (secondary N) is 1. The van der Waals surface area contributed by atoms with E-state index in [1.165, 1.54) is 5.56 Å². The van der Waals surface area contributed by atoms with Crippen molar-refractivity contribution in [2.75, 3.05) is 13.2 Å². The number of carbonyl (C=O) groups is 2. The van der Waals surface area contributed by atoms with Crippen molar-refractivity contribution in [1.29, 1.82) is 0 Å². The summed E-state index contributed by atoms with van der Waals surface area (Å²) in [5.74, 6) is -0.698. The molecule has 2 N–H and O–H groups in total. The van der Waals surface area contributed by atoms with Crippen LogP contribution < -0.4 is 5.32 Å². The third kappa shape index (κ3) is 6.32. The zero-order chi connectivity index (χ0) is 17.2. The molecule has 1 aliphatic heterocycles. The van der Waals surface area contributed by atoms with Crippen LogP contribution in [0.2, 0.25) is 0 Å². The fourth-order valence-electron chi connectivity index (χ4n) is 3.05. The van der Waals surface area contributed by atoms with Crippen LogP contribution in [0.5, 0.6) is 0 Å². The van der Waals surface area contributed by atoms with Gasteiger partial charge in [-0.2, -0.15) is 0 Å². The van der Waals surface area contributed by atoms with Gasteiger partial charge in [-0.3, -0.25) is 9.59 Å². The van der Waals surface area contributed by atoms with Crippen LogP contribution in [0, 0.1) is 0 Å². The Morgan fingerprint density at radius 3 is 2.71 bits per heavy atom. The van der Waals surface area contributed by atoms with Crippen molar-refractivity contribution in [2.45, 2.75) is 57.5 Å². The lowest BCUT2D eigenvalue weighted by molar-refractivity contribution is -0.137. The average Bonchev–Trinajstić information content (AvgIpc) is 2.57. The lowest BCUT2D eigenvalue weighted by Crippen LogP contribution is -2.28. The second kappa shape index (κ2) is 10.1. The van der Waals surface area contributed by atoms with E-state index in [1.807, 2.05) is 18.2 Å². The van der Waals surface area contributed by atoms with Gasteiger partial charge in [0.2, 0.25) is 5.91 Å². The molecular weight excluding hydrogens is 306 g/mol. The van der Waals surface area contributed by atoms with Gasteiger partial charge >= 0.3 is 5.97 Å². The SMILES string of the molecule is O=C(O)CCCCCCCNC(=O)CC1OCCc2ccccc21. The summed E-state index contributed by atoms with van der Waals surface area (Å²) in [4.78, 5) is 22.5. The second-order valence-electron chi connectivity index (χ2n) is 6.27. The minimum Gasteiger partial charge on any atom is -0.481 e. The predicted octanol–water partition coefficient (Wildman–Crippen LogP) is 3.23. The third-order valence-corrected chi connectivity index (χ3v) is 4.35. The van der Waals surface area contributed by atoms with Gasteiger partial charge in [0.1, 0.15) is 0 Å². The molecule has 0 fully saturated rings. The first-order valence-electron chi connectivity index (χ1n) is 8.84. The number of aliphatic carboxylic acids is 1. The van der Waals surface area contributed by atoms with Crippen molar-refractivity contribution in [3.05, 3.63) is 35.4 Å². The molecule has 1 heterocycles. The highest BCUT2D eigenvalue weighted by molar-refractivity contribution is 5.76. The molecule has 0 saturated carbocycles. The van der Waals surface area contributed by atoms with E-state index in [2.05, 4.69) is 11.4 Å². The summed E-state index contributed by atoms with van der Waals surface area (Å²) in [6.45, 7) is 1.34. The fraction of sp³-hybridized carbons (Fsp3) is 0.579. The first-order valence-corrected chi connectivity index (χ1v) is 8.84. The maximum Gasteiger partial charge on any atom is 0.303 e. The Kier molecular flexibility index (Phi) is 7.75. The number of carboxylic acid groups (broad SMARTS) is 1. The maximum atomic E-state index is 12.1. The molecule has 1 atom stereocenters. The molecule has 1 aromatic carbocycles. The summed E-state index contributed by atoms with van der Waals surface area (Å²) in [7, 11) is 0. The van der Waals surface area contributed by atoms with Crippen LogP contribution in [-0.2, 0) is 20.7 Å². The Labute approximate surface area is 143 Å². The first-order chi connectivity index (χ1) is 11.7. The number of unbranched alkanes of at least 4 members (excludes halogenated alkanes) is 4. The highest BCUT2D eigenvalue weighted by Crippen LogP contribution is 2.29. The largest absolute Gasteiger partial charge is 0.481 e. The summed E-state index contributed by atoms with van der Waals surface area (Å²) in [5.41, 5.74) is 2.42. The van der Waals surface area contributed by atoms with Crippen molar-refractivity contribution >= 4 is 11.9 Å². The van der Waals surface area contributed by atoms with Gasteiger partial charge in [0.15, 0.2) is 0 Å². The Bertz CT molecular complexity index is 544. The number of carbonyl (C=O) groups excluding carboxylic acids is 1. The third-order valence-electron chi connectivity index (χ3n) is 4.35. The number of hydrogen-bond acceptors (Lipinski definition) is 3. The second-order valence-corrected chi connectivity index (χ2v) is 6.27. The molecule has 0 bridgehead atoms. The molecule has 1 aromatic rings. The summed E-state index contributed by atoms with van der Waals surface area (Å²) < 4.78 is 5.76. The van der Waals surface area contributed by atoms with E-state index in [9.17, 15) is 9.59 Å². The van der Waals surface area contributed by atoms with E-state index in [0.717, 1.165) is 44.1 Å². The lowest BCUT2D eigenvalue weighted by atomic mass is 9.95. The number of rotatable bonds is 10. The molecule has 0 spiro atoms. The maximum absolute atomic E-state index is 12.1. The molecule has 1 aliphatic rings. The smallest absolute Gasteiger partial charge is 0.303 e. The van der Waals surface area contributed by atoms with E-state index in [4.69, 9.17) is 9.84 Å². The van der Waals surface area contributed by atoms with E-state index < -0.39 is 5.97 Å². The normalized spacial score (nSPS) is 16.4. The van der Waals surface area contributed by atoms with Crippen LogP contribution in [-0.4, -0.2) is 30.1 Å². The molecule has 1 amide bonds. The van der Waals surface area contributed by atoms with Gasteiger partial charge in [-0.15, -0.1) is 0 Å². The number of carboxylic acids is 1. The predicted molar refractivity (Wildman–Crippen MR) is 91.8 cm³/mol. The molecule has 0 aliphatic carbocycles. The first kappa shape index (κ1) is 18.5. The number of benzene rings is 1. The summed E-state index contributed by atoms with van der Waals surface area (Å²) in [6, 6.07) is 8.16. The molecule has 0 saturated heterocycles. The number of fused-ring (bicyclic) bond motifs is 1. The zero-order valence-corrected chi connectivity index (χ0v) is 14.1. The van der Waals surface area contributed by atoms with Gasteiger partial charge < -0.3 is 15.2 Å². The molecule has 24 heavy (non-hydrogen) atoms. The topological polar surface area (TPSA) is 75.6 Å². The monoisotopic (exact) mass is 333 g/mol. The van der Waals surface area contributed by atoms with Gasteiger partial charge in [0.25, 0.3) is 0 Å². The van der Waals surface area contributed by atoms with Crippen molar-refractivity contribution in [3.8, 4) is 0 Å². The zero-order valence-electron chi connectivity index (χ0n) is 14.1. The van der Waals surface area contributed by atoms with Crippen LogP contribution in [0.4, 0.5) is 0 Å². The van der Waals surface area contributed by atoms with Crippen LogP contribution in [0.25, 0.3) is 0 Å². The van der Waals surface area contributed by atoms with Crippen molar-refractivity contribution in [1.82, 2.24) is 5.32 Å². The van der Waals surface area contributed by atoms with Crippen LogP contribution >= 0.6 is 0 Å². The van der Waals surface area contributed by atoms with Crippen molar-refractivity contribution in [2.24, 2.45) is 0 Å². The summed E-state index contributed by atoms with van der Waals surface area (Å²) >= 11 is 0.